The molecule has 1 rings (SSSR count). The third-order valence-corrected chi connectivity index (χ3v) is 1.31. The van der Waals surface area contributed by atoms with Crippen LogP contribution in [0, 0.1) is 0 Å². The van der Waals surface area contributed by atoms with Gasteiger partial charge in [-0.2, -0.15) is 0 Å². The van der Waals surface area contributed by atoms with Crippen LogP contribution in [0.4, 0.5) is 0 Å². The van der Waals surface area contributed by atoms with Gasteiger partial charge >= 0.3 is 0 Å². The molecule has 2 N–H and O–H groups in total. The van der Waals surface area contributed by atoms with Crippen LogP contribution in [0.15, 0.2) is 0 Å². The van der Waals surface area contributed by atoms with Crippen LogP contribution in [0.25, 0.3) is 0 Å². The normalized spacial score (nSPS) is 28.9. The zero-order valence-electron chi connectivity index (χ0n) is 4.80. The Labute approximate surface area is 48.7 Å². The molecule has 0 spiro atoms. The molecule has 1 aliphatic heterocycles. The van der Waals surface area contributed by atoms with E-state index >= 15 is 0 Å². The fraction of sp³-hybridized carbons (Fsp3) is 1.00. The average molecular weight is 117 g/mol. The predicted octanol–water partition coefficient (Wildman–Crippen LogP) is 0.0557. The van der Waals surface area contributed by atoms with E-state index in [9.17, 15) is 0 Å². The van der Waals surface area contributed by atoms with E-state index in [-0.39, 0.29) is 6.10 Å². The van der Waals surface area contributed by atoms with Gasteiger partial charge in [-0.15, -0.1) is 0 Å². The Morgan fingerprint density at radius 3 is 3.12 bits per heavy atom. The first-order valence-corrected chi connectivity index (χ1v) is 2.87. The summed E-state index contributed by atoms with van der Waals surface area (Å²) in [7, 11) is 0. The first-order chi connectivity index (χ1) is 3.93. The van der Waals surface area contributed by atoms with E-state index in [0.717, 1.165) is 19.4 Å². The van der Waals surface area contributed by atoms with Gasteiger partial charge in [0, 0.05) is 6.61 Å². The molecular formula is C5H11NO2. The second-order valence-corrected chi connectivity index (χ2v) is 1.97. The van der Waals surface area contributed by atoms with Gasteiger partial charge < -0.3 is 9.57 Å². The Hall–Kier alpha value is -0.120. The minimum atomic E-state index is 0.264. The van der Waals surface area contributed by atoms with Gasteiger partial charge in [-0.3, -0.25) is 0 Å². The second kappa shape index (κ2) is 3.02. The van der Waals surface area contributed by atoms with Gasteiger partial charge in [-0.05, 0) is 12.8 Å². The summed E-state index contributed by atoms with van der Waals surface area (Å²) >= 11 is 0. The van der Waals surface area contributed by atoms with Crippen molar-refractivity contribution in [2.75, 3.05) is 13.2 Å². The fourth-order valence-electron chi connectivity index (χ4n) is 0.883. The maximum absolute atomic E-state index is 5.19. The van der Waals surface area contributed by atoms with Gasteiger partial charge in [-0.1, -0.05) is 0 Å². The molecule has 0 bridgehead atoms. The van der Waals surface area contributed by atoms with E-state index in [1.165, 1.54) is 0 Å². The van der Waals surface area contributed by atoms with Crippen LogP contribution in [0.5, 0.6) is 0 Å². The molecule has 1 heterocycles. The molecule has 3 nitrogen and oxygen atoms in total. The van der Waals surface area contributed by atoms with Gasteiger partial charge in [-0.25, -0.2) is 5.90 Å². The molecule has 1 aliphatic rings. The number of hydrogen-bond acceptors (Lipinski definition) is 3. The zero-order chi connectivity index (χ0) is 5.82. The molecule has 1 atom stereocenters. The van der Waals surface area contributed by atoms with E-state index in [2.05, 4.69) is 4.84 Å². The number of ether oxygens (including phenoxy) is 1. The van der Waals surface area contributed by atoms with E-state index in [1.807, 2.05) is 0 Å². The standard InChI is InChI=1S/C5H11NO2/c6-8-4-5-2-1-3-7-5/h5H,1-4,6H2/t5-/m0/s1. The Balaban J connectivity index is 2.06. The van der Waals surface area contributed by atoms with Crippen molar-refractivity contribution in [2.45, 2.75) is 18.9 Å². The first kappa shape index (κ1) is 6.01. The molecule has 0 amide bonds. The van der Waals surface area contributed by atoms with Crippen molar-refractivity contribution in [3.63, 3.8) is 0 Å². The van der Waals surface area contributed by atoms with E-state index in [4.69, 9.17) is 10.6 Å². The summed E-state index contributed by atoms with van der Waals surface area (Å²) in [5.74, 6) is 4.83. The van der Waals surface area contributed by atoms with E-state index in [1.54, 1.807) is 0 Å². The van der Waals surface area contributed by atoms with Gasteiger partial charge in [0.15, 0.2) is 0 Å². The molecule has 48 valence electrons. The van der Waals surface area contributed by atoms with Crippen molar-refractivity contribution >= 4 is 0 Å². The molecule has 0 saturated carbocycles. The van der Waals surface area contributed by atoms with Crippen LogP contribution in [-0.4, -0.2) is 19.3 Å². The Morgan fingerprint density at radius 1 is 1.75 bits per heavy atom. The van der Waals surface area contributed by atoms with Gasteiger partial charge in [0.05, 0.1) is 12.7 Å². The van der Waals surface area contributed by atoms with Crippen molar-refractivity contribution in [1.29, 1.82) is 0 Å². The van der Waals surface area contributed by atoms with Crippen LogP contribution in [0.1, 0.15) is 12.8 Å². The topological polar surface area (TPSA) is 44.5 Å². The summed E-state index contributed by atoms with van der Waals surface area (Å²) in [6.07, 6.45) is 2.51. The summed E-state index contributed by atoms with van der Waals surface area (Å²) in [5.41, 5.74) is 0. The lowest BCUT2D eigenvalue weighted by Gasteiger charge is -2.04. The van der Waals surface area contributed by atoms with Crippen molar-refractivity contribution in [1.82, 2.24) is 0 Å². The summed E-state index contributed by atoms with van der Waals surface area (Å²) in [4.78, 5) is 4.40. The Kier molecular flexibility index (Phi) is 2.27. The van der Waals surface area contributed by atoms with E-state index < -0.39 is 0 Å². The SMILES string of the molecule is NOC[C@@H]1CCCO1. The highest BCUT2D eigenvalue weighted by atomic mass is 16.6. The second-order valence-electron chi connectivity index (χ2n) is 1.97. The van der Waals surface area contributed by atoms with Crippen LogP contribution >= 0.6 is 0 Å². The van der Waals surface area contributed by atoms with Crippen LogP contribution in [0.3, 0.4) is 0 Å². The lowest BCUT2D eigenvalue weighted by Crippen LogP contribution is -2.16. The molecule has 8 heavy (non-hydrogen) atoms. The van der Waals surface area contributed by atoms with Gasteiger partial charge in [0.25, 0.3) is 0 Å². The predicted molar refractivity (Wildman–Crippen MR) is 29.1 cm³/mol. The maximum atomic E-state index is 5.19. The molecule has 0 aromatic carbocycles. The average Bonchev–Trinajstić information content (AvgIpc) is 2.19. The minimum Gasteiger partial charge on any atom is -0.376 e. The molecule has 1 fully saturated rings. The Bertz CT molecular complexity index is 61.4. The monoisotopic (exact) mass is 117 g/mol. The molecule has 0 aromatic rings. The fourth-order valence-corrected chi connectivity index (χ4v) is 0.883. The van der Waals surface area contributed by atoms with Crippen LogP contribution < -0.4 is 5.90 Å². The Morgan fingerprint density at radius 2 is 2.62 bits per heavy atom. The maximum Gasteiger partial charge on any atom is 0.0941 e. The largest absolute Gasteiger partial charge is 0.376 e. The first-order valence-electron chi connectivity index (χ1n) is 2.87. The highest BCUT2D eigenvalue weighted by Crippen LogP contribution is 2.10. The molecule has 3 heteroatoms. The molecular weight excluding hydrogens is 106 g/mol. The van der Waals surface area contributed by atoms with Gasteiger partial charge in [0.1, 0.15) is 0 Å². The highest BCUT2D eigenvalue weighted by Gasteiger charge is 2.14. The molecule has 0 radical (unpaired) electrons. The number of rotatable bonds is 2. The molecule has 1 saturated heterocycles. The summed E-state index contributed by atoms with van der Waals surface area (Å²) in [5, 5.41) is 0. The van der Waals surface area contributed by atoms with Crippen molar-refractivity contribution in [3.05, 3.63) is 0 Å². The highest BCUT2D eigenvalue weighted by molar-refractivity contribution is 4.62. The van der Waals surface area contributed by atoms with Crippen molar-refractivity contribution < 1.29 is 9.57 Å². The zero-order valence-corrected chi connectivity index (χ0v) is 4.80. The summed E-state index contributed by atoms with van der Waals surface area (Å²) in [6, 6.07) is 0. The smallest absolute Gasteiger partial charge is 0.0941 e. The summed E-state index contributed by atoms with van der Waals surface area (Å²) in [6.45, 7) is 1.41. The van der Waals surface area contributed by atoms with E-state index in [0.29, 0.717) is 6.61 Å². The number of nitrogens with two attached hydrogens (primary N) is 1. The molecule has 0 aliphatic carbocycles. The molecule has 0 unspecified atom stereocenters. The third-order valence-electron chi connectivity index (χ3n) is 1.31. The quantitative estimate of drug-likeness (QED) is 0.520. The third kappa shape index (κ3) is 1.43. The van der Waals surface area contributed by atoms with Crippen LogP contribution in [0.2, 0.25) is 0 Å². The number of hydrogen-bond donors (Lipinski definition) is 1. The van der Waals surface area contributed by atoms with Crippen molar-refractivity contribution in [3.8, 4) is 0 Å². The van der Waals surface area contributed by atoms with Crippen molar-refractivity contribution in [2.24, 2.45) is 5.90 Å². The van der Waals surface area contributed by atoms with Crippen LogP contribution in [-0.2, 0) is 9.57 Å². The lowest BCUT2D eigenvalue weighted by atomic mass is 10.2. The minimum absolute atomic E-state index is 0.264. The molecule has 0 aromatic heterocycles. The lowest BCUT2D eigenvalue weighted by molar-refractivity contribution is 0.0168. The van der Waals surface area contributed by atoms with Gasteiger partial charge in [0.2, 0.25) is 0 Å². The summed E-state index contributed by atoms with van der Waals surface area (Å²) < 4.78 is 5.19.